The van der Waals surface area contributed by atoms with Crippen molar-refractivity contribution in [2.45, 2.75) is 13.0 Å². The smallest absolute Gasteiger partial charge is 0.286 e. The molecule has 0 aliphatic carbocycles. The van der Waals surface area contributed by atoms with Gasteiger partial charge in [0.05, 0.1) is 30.7 Å². The van der Waals surface area contributed by atoms with Crippen molar-refractivity contribution >= 4 is 22.6 Å². The minimum absolute atomic E-state index is 0.105. The predicted octanol–water partition coefficient (Wildman–Crippen LogP) is 4.21. The number of hydrogen-bond acceptors (Lipinski definition) is 7. The van der Waals surface area contributed by atoms with Crippen molar-refractivity contribution in [1.29, 1.82) is 0 Å². The Balaban J connectivity index is 1.93. The summed E-state index contributed by atoms with van der Waals surface area (Å²) in [6, 6.07) is 11.4. The van der Waals surface area contributed by atoms with E-state index in [2.05, 4.69) is 0 Å². The van der Waals surface area contributed by atoms with Crippen LogP contribution >= 0.6 is 0 Å². The SMILES string of the molecule is COCCOc1cc([N+](=O)[O-])c(C(=O)N(C)C(C)c2cc3ccccc3o2)cc1OC. The van der Waals surface area contributed by atoms with Crippen LogP contribution in [0.25, 0.3) is 11.0 Å². The molecule has 0 bridgehead atoms. The quantitative estimate of drug-likeness (QED) is 0.286. The maximum atomic E-state index is 13.2. The molecule has 1 amide bonds. The summed E-state index contributed by atoms with van der Waals surface area (Å²) in [6.07, 6.45) is 0. The van der Waals surface area contributed by atoms with Crippen molar-refractivity contribution in [2.24, 2.45) is 0 Å². The average Bonchev–Trinajstić information content (AvgIpc) is 3.21. The van der Waals surface area contributed by atoms with E-state index in [1.54, 1.807) is 14.0 Å². The first kappa shape index (κ1) is 22.1. The largest absolute Gasteiger partial charge is 0.493 e. The highest BCUT2D eigenvalue weighted by atomic mass is 16.6. The van der Waals surface area contributed by atoms with Crippen LogP contribution < -0.4 is 9.47 Å². The summed E-state index contributed by atoms with van der Waals surface area (Å²) in [6.45, 7) is 2.27. The summed E-state index contributed by atoms with van der Waals surface area (Å²) < 4.78 is 21.6. The van der Waals surface area contributed by atoms with Gasteiger partial charge in [-0.1, -0.05) is 18.2 Å². The lowest BCUT2D eigenvalue weighted by atomic mass is 10.1. The normalized spacial score (nSPS) is 11.9. The van der Waals surface area contributed by atoms with Crippen LogP contribution in [0.2, 0.25) is 0 Å². The Kier molecular flexibility index (Phi) is 6.76. The first-order valence-corrected chi connectivity index (χ1v) is 9.61. The number of nitrogens with zero attached hydrogens (tertiary/aromatic N) is 2. The van der Waals surface area contributed by atoms with Crippen molar-refractivity contribution in [3.05, 3.63) is 63.9 Å². The number of para-hydroxylation sites is 1. The molecule has 164 valence electrons. The number of nitro groups is 1. The Bertz CT molecular complexity index is 1060. The van der Waals surface area contributed by atoms with Crippen LogP contribution in [0, 0.1) is 10.1 Å². The zero-order chi connectivity index (χ0) is 22.5. The third-order valence-corrected chi connectivity index (χ3v) is 5.01. The van der Waals surface area contributed by atoms with Gasteiger partial charge in [-0.2, -0.15) is 0 Å². The third-order valence-electron chi connectivity index (χ3n) is 5.01. The van der Waals surface area contributed by atoms with Gasteiger partial charge < -0.3 is 23.5 Å². The topological polar surface area (TPSA) is 104 Å². The number of carbonyl (C=O) groups is 1. The Morgan fingerprint density at radius 3 is 2.55 bits per heavy atom. The number of hydrogen-bond donors (Lipinski definition) is 0. The van der Waals surface area contributed by atoms with Gasteiger partial charge in [-0.15, -0.1) is 0 Å². The van der Waals surface area contributed by atoms with Crippen LogP contribution in [0.3, 0.4) is 0 Å². The van der Waals surface area contributed by atoms with Crippen LogP contribution in [0.4, 0.5) is 5.69 Å². The van der Waals surface area contributed by atoms with E-state index in [4.69, 9.17) is 18.6 Å². The Morgan fingerprint density at radius 2 is 1.90 bits per heavy atom. The second kappa shape index (κ2) is 9.48. The maximum absolute atomic E-state index is 13.2. The second-order valence-corrected chi connectivity index (χ2v) is 6.90. The molecule has 0 saturated heterocycles. The standard InChI is InChI=1S/C22H24N2O7/c1-14(19-11-15-7-5-6-8-18(15)31-19)23(2)22(25)16-12-20(29-4)21(30-10-9-28-3)13-17(16)24(26)27/h5-8,11-14H,9-10H2,1-4H3. The molecule has 31 heavy (non-hydrogen) atoms. The Hall–Kier alpha value is -3.59. The van der Waals surface area contributed by atoms with Gasteiger partial charge in [0.1, 0.15) is 23.5 Å². The highest BCUT2D eigenvalue weighted by molar-refractivity contribution is 5.99. The molecule has 0 saturated carbocycles. The monoisotopic (exact) mass is 428 g/mol. The van der Waals surface area contributed by atoms with E-state index in [1.165, 1.54) is 31.3 Å². The van der Waals surface area contributed by atoms with Gasteiger partial charge in [0.2, 0.25) is 0 Å². The molecule has 9 nitrogen and oxygen atoms in total. The fourth-order valence-electron chi connectivity index (χ4n) is 3.14. The van der Waals surface area contributed by atoms with Crippen LogP contribution in [0.15, 0.2) is 46.9 Å². The fourth-order valence-corrected chi connectivity index (χ4v) is 3.14. The molecule has 1 aromatic heterocycles. The van der Waals surface area contributed by atoms with Crippen molar-refractivity contribution < 1.29 is 28.3 Å². The first-order chi connectivity index (χ1) is 14.9. The summed E-state index contributed by atoms with van der Waals surface area (Å²) in [5.41, 5.74) is 0.226. The zero-order valence-electron chi connectivity index (χ0n) is 17.8. The van der Waals surface area contributed by atoms with Gasteiger partial charge in [0.15, 0.2) is 11.5 Å². The minimum Gasteiger partial charge on any atom is -0.493 e. The molecule has 0 spiro atoms. The summed E-state index contributed by atoms with van der Waals surface area (Å²) in [4.78, 5) is 25.7. The molecular weight excluding hydrogens is 404 g/mol. The zero-order valence-corrected chi connectivity index (χ0v) is 17.8. The van der Waals surface area contributed by atoms with E-state index in [1.807, 2.05) is 30.3 Å². The highest BCUT2D eigenvalue weighted by Crippen LogP contribution is 2.36. The van der Waals surface area contributed by atoms with Crippen LogP contribution in [-0.4, -0.2) is 50.2 Å². The lowest BCUT2D eigenvalue weighted by Gasteiger charge is -2.23. The van der Waals surface area contributed by atoms with Crippen LogP contribution in [0.1, 0.15) is 29.1 Å². The van der Waals surface area contributed by atoms with Gasteiger partial charge in [0.25, 0.3) is 11.6 Å². The van der Waals surface area contributed by atoms with Gasteiger partial charge in [-0.3, -0.25) is 14.9 Å². The molecule has 1 unspecified atom stereocenters. The van der Waals surface area contributed by atoms with E-state index in [0.29, 0.717) is 18.0 Å². The number of furan rings is 1. The second-order valence-electron chi connectivity index (χ2n) is 6.90. The molecule has 0 aliphatic rings. The number of ether oxygens (including phenoxy) is 3. The molecule has 3 aromatic rings. The van der Waals surface area contributed by atoms with Crippen molar-refractivity contribution in [2.75, 3.05) is 34.5 Å². The predicted molar refractivity (Wildman–Crippen MR) is 114 cm³/mol. The number of nitro benzene ring substituents is 1. The van der Waals surface area contributed by atoms with E-state index in [9.17, 15) is 14.9 Å². The highest BCUT2D eigenvalue weighted by Gasteiger charge is 2.30. The molecule has 0 aliphatic heterocycles. The van der Waals surface area contributed by atoms with E-state index in [0.717, 1.165) is 5.39 Å². The molecule has 3 rings (SSSR count). The molecular formula is C22H24N2O7. The number of amides is 1. The van der Waals surface area contributed by atoms with Crippen molar-refractivity contribution in [3.63, 3.8) is 0 Å². The van der Waals surface area contributed by atoms with E-state index in [-0.39, 0.29) is 29.4 Å². The first-order valence-electron chi connectivity index (χ1n) is 9.61. The van der Waals surface area contributed by atoms with E-state index >= 15 is 0 Å². The molecule has 2 aromatic carbocycles. The van der Waals surface area contributed by atoms with Crippen LogP contribution in [-0.2, 0) is 4.74 Å². The maximum Gasteiger partial charge on any atom is 0.286 e. The van der Waals surface area contributed by atoms with Gasteiger partial charge in [0, 0.05) is 25.6 Å². The molecule has 1 heterocycles. The fraction of sp³-hybridized carbons (Fsp3) is 0.318. The number of methoxy groups -OCH3 is 2. The third kappa shape index (κ3) is 4.61. The molecule has 0 radical (unpaired) electrons. The van der Waals surface area contributed by atoms with Gasteiger partial charge in [-0.05, 0) is 19.1 Å². The number of carbonyl (C=O) groups excluding carboxylic acids is 1. The lowest BCUT2D eigenvalue weighted by molar-refractivity contribution is -0.385. The van der Waals surface area contributed by atoms with Gasteiger partial charge in [-0.25, -0.2) is 0 Å². The average molecular weight is 428 g/mol. The molecule has 1 atom stereocenters. The number of fused-ring (bicyclic) bond motifs is 1. The number of rotatable bonds is 9. The molecule has 0 N–H and O–H groups in total. The summed E-state index contributed by atoms with van der Waals surface area (Å²) >= 11 is 0. The summed E-state index contributed by atoms with van der Waals surface area (Å²) in [5.74, 6) is 0.415. The summed E-state index contributed by atoms with van der Waals surface area (Å²) in [7, 11) is 4.49. The van der Waals surface area contributed by atoms with Gasteiger partial charge >= 0.3 is 0 Å². The summed E-state index contributed by atoms with van der Waals surface area (Å²) in [5, 5.41) is 12.6. The molecule has 0 fully saturated rings. The van der Waals surface area contributed by atoms with Crippen LogP contribution in [0.5, 0.6) is 11.5 Å². The van der Waals surface area contributed by atoms with E-state index < -0.39 is 16.9 Å². The Morgan fingerprint density at radius 1 is 1.16 bits per heavy atom. The lowest BCUT2D eigenvalue weighted by Crippen LogP contribution is -2.30. The Labute approximate surface area is 179 Å². The van der Waals surface area contributed by atoms with Crippen molar-refractivity contribution in [1.82, 2.24) is 4.90 Å². The minimum atomic E-state index is -0.616. The molecule has 9 heteroatoms. The van der Waals surface area contributed by atoms with Crippen molar-refractivity contribution in [3.8, 4) is 11.5 Å². The number of benzene rings is 2.